The Balaban J connectivity index is 0. The van der Waals surface area contributed by atoms with E-state index < -0.39 is 0 Å². The third-order valence-electron chi connectivity index (χ3n) is 1.47. The number of hydrogen-bond donors (Lipinski definition) is 0. The molecule has 0 saturated heterocycles. The quantitative estimate of drug-likeness (QED) is 0.470. The molecule has 0 aromatic rings. The van der Waals surface area contributed by atoms with Crippen LogP contribution < -0.4 is 0 Å². The lowest BCUT2D eigenvalue weighted by molar-refractivity contribution is 0.781. The minimum atomic E-state index is 1.17. The maximum Gasteiger partial charge on any atom is 0.00313 e. The molecule has 0 aliphatic rings. The molecule has 0 aromatic carbocycles. The second-order valence-corrected chi connectivity index (χ2v) is 4.38. The van der Waals surface area contributed by atoms with Crippen LogP contribution in [-0.2, 0) is 0 Å². The fraction of sp³-hybridized carbons (Fsp3) is 1.00. The fourth-order valence-electron chi connectivity index (χ4n) is 0.689. The van der Waals surface area contributed by atoms with Gasteiger partial charge in [-0.1, -0.05) is 71.4 Å². The molecular weight excluding hydrogens is 280 g/mol. The highest BCUT2D eigenvalue weighted by Gasteiger charge is 1.77. The molecule has 0 fully saturated rings. The summed E-state index contributed by atoms with van der Waals surface area (Å²) >= 11 is 6.70. The Hall–Kier alpha value is 0.960. The summed E-state index contributed by atoms with van der Waals surface area (Å²) in [6, 6.07) is 0. The summed E-state index contributed by atoms with van der Waals surface area (Å²) < 4.78 is 0. The summed E-state index contributed by atoms with van der Waals surface area (Å²) in [6.07, 6.45) is 8.04. The van der Waals surface area contributed by atoms with Gasteiger partial charge in [-0.25, -0.2) is 0 Å². The van der Waals surface area contributed by atoms with Gasteiger partial charge < -0.3 is 0 Å². The lowest BCUT2D eigenvalue weighted by atomic mass is 10.3. The van der Waals surface area contributed by atoms with Gasteiger partial charge in [-0.15, -0.1) is 0 Å². The molecule has 0 nitrogen and oxygen atoms in total. The van der Waals surface area contributed by atoms with Gasteiger partial charge in [0.1, 0.15) is 0 Å². The van der Waals surface area contributed by atoms with E-state index in [-0.39, 0.29) is 0 Å². The zero-order valence-corrected chi connectivity index (χ0v) is 11.6. The maximum atomic E-state index is 3.35. The van der Waals surface area contributed by atoms with Gasteiger partial charge >= 0.3 is 0 Å². The van der Waals surface area contributed by atoms with Crippen molar-refractivity contribution in [2.24, 2.45) is 0 Å². The summed E-state index contributed by atoms with van der Waals surface area (Å²) in [5.74, 6) is 0. The first-order valence-electron chi connectivity index (χ1n) is 4.95. The fourth-order valence-corrected chi connectivity index (χ4v) is 1.48. The molecule has 0 heterocycles. The summed E-state index contributed by atoms with van der Waals surface area (Å²) in [4.78, 5) is 0. The smallest absolute Gasteiger partial charge is 0.00313 e. The summed E-state index contributed by atoms with van der Waals surface area (Å²) in [7, 11) is 0. The van der Waals surface area contributed by atoms with Crippen LogP contribution in [0.4, 0.5) is 0 Å². The molecule has 0 N–H and O–H groups in total. The van der Waals surface area contributed by atoms with Crippen molar-refractivity contribution in [1.82, 2.24) is 0 Å². The molecule has 12 heavy (non-hydrogen) atoms. The van der Waals surface area contributed by atoms with Gasteiger partial charge in [-0.05, 0) is 12.8 Å². The van der Waals surface area contributed by atoms with E-state index in [1.165, 1.54) is 49.2 Å². The maximum absolute atomic E-state index is 3.35. The second-order valence-electron chi connectivity index (χ2n) is 2.79. The topological polar surface area (TPSA) is 0 Å². The van der Waals surface area contributed by atoms with Crippen molar-refractivity contribution < 1.29 is 0 Å². The Kier molecular flexibility index (Phi) is 23.0. The largest absolute Gasteiger partial charge is 0.0928 e. The van der Waals surface area contributed by atoms with E-state index in [9.17, 15) is 0 Å². The van der Waals surface area contributed by atoms with Gasteiger partial charge in [0.2, 0.25) is 0 Å². The third-order valence-corrected chi connectivity index (χ3v) is 2.60. The molecule has 0 atom stereocenters. The van der Waals surface area contributed by atoms with Gasteiger partial charge in [-0.3, -0.25) is 0 Å². The van der Waals surface area contributed by atoms with Gasteiger partial charge in [0.25, 0.3) is 0 Å². The molecule has 0 unspecified atom stereocenters. The van der Waals surface area contributed by atoms with Crippen LogP contribution in [-0.4, -0.2) is 10.7 Å². The average Bonchev–Trinajstić information content (AvgIpc) is 2.12. The summed E-state index contributed by atoms with van der Waals surface area (Å²) in [6.45, 7) is 4.42. The number of halogens is 2. The SMILES string of the molecule is CCCCCBr.CCCCCBr. The molecule has 0 aliphatic heterocycles. The van der Waals surface area contributed by atoms with Crippen LogP contribution in [0.1, 0.15) is 52.4 Å². The molecule has 0 spiro atoms. The van der Waals surface area contributed by atoms with Gasteiger partial charge in [0.05, 0.1) is 0 Å². The van der Waals surface area contributed by atoms with Crippen LogP contribution in [0.2, 0.25) is 0 Å². The van der Waals surface area contributed by atoms with Crippen molar-refractivity contribution in [3.63, 3.8) is 0 Å². The minimum Gasteiger partial charge on any atom is -0.0928 e. The van der Waals surface area contributed by atoms with Crippen molar-refractivity contribution in [3.8, 4) is 0 Å². The van der Waals surface area contributed by atoms with E-state index in [4.69, 9.17) is 0 Å². The average molecular weight is 302 g/mol. The van der Waals surface area contributed by atoms with E-state index in [1.807, 2.05) is 0 Å². The molecule has 0 aliphatic carbocycles. The van der Waals surface area contributed by atoms with Crippen molar-refractivity contribution in [2.75, 3.05) is 10.7 Å². The van der Waals surface area contributed by atoms with E-state index in [0.29, 0.717) is 0 Å². The van der Waals surface area contributed by atoms with Crippen molar-refractivity contribution in [3.05, 3.63) is 0 Å². The zero-order valence-electron chi connectivity index (χ0n) is 8.41. The second kappa shape index (κ2) is 17.9. The van der Waals surface area contributed by atoms with Gasteiger partial charge in [-0.2, -0.15) is 0 Å². The predicted octanol–water partition coefficient (Wildman–Crippen LogP) is 5.14. The molecule has 2 heteroatoms. The van der Waals surface area contributed by atoms with Gasteiger partial charge in [0, 0.05) is 10.7 Å². The van der Waals surface area contributed by atoms with Crippen molar-refractivity contribution >= 4 is 31.9 Å². The van der Waals surface area contributed by atoms with Crippen LogP contribution in [0.3, 0.4) is 0 Å². The molecule has 0 bridgehead atoms. The summed E-state index contributed by atoms with van der Waals surface area (Å²) in [5, 5.41) is 2.34. The van der Waals surface area contributed by atoms with E-state index in [0.717, 1.165) is 0 Å². The predicted molar refractivity (Wildman–Crippen MR) is 66.6 cm³/mol. The minimum absolute atomic E-state index is 1.17. The zero-order chi connectivity index (χ0) is 9.66. The Morgan fingerprint density at radius 1 is 0.667 bits per heavy atom. The monoisotopic (exact) mass is 300 g/mol. The molecule has 0 radical (unpaired) electrons. The van der Waals surface area contributed by atoms with Crippen LogP contribution in [0.15, 0.2) is 0 Å². The Labute approximate surface area is 94.8 Å². The molecule has 76 valence electrons. The Morgan fingerprint density at radius 2 is 1.00 bits per heavy atom. The summed E-state index contributed by atoms with van der Waals surface area (Å²) in [5.41, 5.74) is 0. The highest BCUT2D eigenvalue weighted by atomic mass is 79.9. The van der Waals surface area contributed by atoms with Crippen LogP contribution >= 0.6 is 31.9 Å². The van der Waals surface area contributed by atoms with Crippen LogP contribution in [0, 0.1) is 0 Å². The lowest BCUT2D eigenvalue weighted by Crippen LogP contribution is -1.70. The number of alkyl halides is 2. The highest BCUT2D eigenvalue weighted by Crippen LogP contribution is 1.96. The first kappa shape index (κ1) is 15.4. The lowest BCUT2D eigenvalue weighted by Gasteiger charge is -1.85. The molecule has 0 amide bonds. The molecule has 0 saturated carbocycles. The van der Waals surface area contributed by atoms with Crippen LogP contribution in [0.5, 0.6) is 0 Å². The number of unbranched alkanes of at least 4 members (excludes halogenated alkanes) is 4. The molecule has 0 rings (SSSR count). The van der Waals surface area contributed by atoms with E-state index in [2.05, 4.69) is 45.7 Å². The first-order valence-corrected chi connectivity index (χ1v) is 7.19. The van der Waals surface area contributed by atoms with E-state index in [1.54, 1.807) is 0 Å². The molecular formula is C10H22Br2. The molecule has 0 aromatic heterocycles. The Bertz CT molecular complexity index is 39.8. The number of rotatable bonds is 6. The highest BCUT2D eigenvalue weighted by molar-refractivity contribution is 9.09. The van der Waals surface area contributed by atoms with Crippen LogP contribution in [0.25, 0.3) is 0 Å². The van der Waals surface area contributed by atoms with E-state index >= 15 is 0 Å². The van der Waals surface area contributed by atoms with Crippen molar-refractivity contribution in [2.45, 2.75) is 52.4 Å². The Morgan fingerprint density at radius 3 is 1.08 bits per heavy atom. The van der Waals surface area contributed by atoms with Crippen molar-refractivity contribution in [1.29, 1.82) is 0 Å². The first-order chi connectivity index (χ1) is 5.83. The van der Waals surface area contributed by atoms with Gasteiger partial charge in [0.15, 0.2) is 0 Å². The number of hydrogen-bond acceptors (Lipinski definition) is 0. The normalized spacial score (nSPS) is 9.00. The third kappa shape index (κ3) is 22.4. The standard InChI is InChI=1S/2C5H11Br/c2*1-2-3-4-5-6/h2*2-5H2,1H3.